The molecule has 1 aromatic heterocycles. The third kappa shape index (κ3) is 3.80. The predicted octanol–water partition coefficient (Wildman–Crippen LogP) is 2.72. The predicted molar refractivity (Wildman–Crippen MR) is 79.8 cm³/mol. The number of rotatable bonds is 6. The fourth-order valence-corrected chi connectivity index (χ4v) is 4.05. The van der Waals surface area contributed by atoms with Crippen molar-refractivity contribution >= 4 is 27.3 Å². The van der Waals surface area contributed by atoms with E-state index in [0.29, 0.717) is 17.3 Å². The van der Waals surface area contributed by atoms with E-state index in [-0.39, 0.29) is 15.2 Å². The summed E-state index contributed by atoms with van der Waals surface area (Å²) in [7, 11) is -3.67. The summed E-state index contributed by atoms with van der Waals surface area (Å²) in [5.74, 6) is -0.787. The maximum absolute atomic E-state index is 12.3. The molecule has 5 nitrogen and oxygen atoms in total. The molecule has 0 radical (unpaired) electrons. The first-order valence-electron chi connectivity index (χ1n) is 6.31. The van der Waals surface area contributed by atoms with Gasteiger partial charge in [-0.3, -0.25) is 0 Å². The lowest BCUT2D eigenvalue weighted by atomic mass is 9.81. The van der Waals surface area contributed by atoms with Gasteiger partial charge >= 0.3 is 5.97 Å². The van der Waals surface area contributed by atoms with Gasteiger partial charge in [-0.25, -0.2) is 17.9 Å². The fraction of sp³-hybridized carbons (Fsp3) is 0.615. The molecule has 1 heterocycles. The van der Waals surface area contributed by atoms with Crippen LogP contribution in [0.2, 0.25) is 0 Å². The highest BCUT2D eigenvalue weighted by Gasteiger charge is 2.27. The van der Waals surface area contributed by atoms with Crippen LogP contribution < -0.4 is 4.72 Å². The monoisotopic (exact) mass is 319 g/mol. The van der Waals surface area contributed by atoms with Crippen molar-refractivity contribution in [1.82, 2.24) is 4.72 Å². The number of carbonyl (C=O) groups is 1. The van der Waals surface area contributed by atoms with Crippen LogP contribution in [0.4, 0.5) is 0 Å². The highest BCUT2D eigenvalue weighted by atomic mass is 32.2. The molecule has 0 spiro atoms. The van der Waals surface area contributed by atoms with Crippen molar-refractivity contribution in [3.05, 3.63) is 15.8 Å². The molecular formula is C13H21NO4S2. The first-order valence-corrected chi connectivity index (χ1v) is 8.61. The Hall–Kier alpha value is -0.920. The second kappa shape index (κ2) is 5.83. The number of thiophene rings is 1. The van der Waals surface area contributed by atoms with Crippen molar-refractivity contribution in [1.29, 1.82) is 0 Å². The summed E-state index contributed by atoms with van der Waals surface area (Å²) < 4.78 is 27.1. The average Bonchev–Trinajstić information content (AvgIpc) is 2.70. The molecule has 0 bridgehead atoms. The second-order valence-electron chi connectivity index (χ2n) is 5.80. The minimum Gasteiger partial charge on any atom is -0.477 e. The molecule has 0 atom stereocenters. The van der Waals surface area contributed by atoms with Gasteiger partial charge in [-0.15, -0.1) is 11.3 Å². The molecule has 1 aromatic rings. The Morgan fingerprint density at radius 1 is 1.45 bits per heavy atom. The number of aromatic carboxylic acids is 1. The second-order valence-corrected chi connectivity index (χ2v) is 8.80. The van der Waals surface area contributed by atoms with E-state index in [1.807, 2.05) is 27.7 Å². The van der Waals surface area contributed by atoms with Gasteiger partial charge in [0.15, 0.2) is 0 Å². The molecule has 0 saturated heterocycles. The van der Waals surface area contributed by atoms with Gasteiger partial charge in [-0.1, -0.05) is 27.7 Å². The van der Waals surface area contributed by atoms with Crippen LogP contribution >= 0.6 is 11.3 Å². The lowest BCUT2D eigenvalue weighted by Crippen LogP contribution is -2.37. The minimum atomic E-state index is -3.67. The Bertz CT molecular complexity index is 600. The van der Waals surface area contributed by atoms with Crippen molar-refractivity contribution in [3.8, 4) is 0 Å². The number of hydrogen-bond acceptors (Lipinski definition) is 4. The summed E-state index contributed by atoms with van der Waals surface area (Å²) in [6.07, 6.45) is 0. The normalized spacial score (nSPS) is 12.9. The van der Waals surface area contributed by atoms with Gasteiger partial charge in [0.2, 0.25) is 10.0 Å². The Kier molecular flexibility index (Phi) is 4.99. The van der Waals surface area contributed by atoms with Crippen molar-refractivity contribution in [2.45, 2.75) is 39.5 Å². The number of carboxylic acids is 1. The van der Waals surface area contributed by atoms with Gasteiger partial charge in [0.25, 0.3) is 0 Å². The Morgan fingerprint density at radius 3 is 2.40 bits per heavy atom. The van der Waals surface area contributed by atoms with E-state index in [0.717, 1.165) is 11.3 Å². The van der Waals surface area contributed by atoms with Crippen LogP contribution in [0, 0.1) is 18.3 Å². The number of carboxylic acid groups (broad SMARTS) is 1. The number of hydrogen-bond donors (Lipinski definition) is 2. The Labute approximate surface area is 124 Å². The molecular weight excluding hydrogens is 298 g/mol. The van der Waals surface area contributed by atoms with Gasteiger partial charge in [0, 0.05) is 11.4 Å². The zero-order valence-electron chi connectivity index (χ0n) is 12.4. The molecule has 0 fully saturated rings. The van der Waals surface area contributed by atoms with Crippen molar-refractivity contribution in [2.75, 3.05) is 6.54 Å². The van der Waals surface area contributed by atoms with Gasteiger partial charge < -0.3 is 5.11 Å². The quantitative estimate of drug-likeness (QED) is 0.844. The van der Waals surface area contributed by atoms with E-state index in [1.54, 1.807) is 6.92 Å². The molecule has 0 saturated carbocycles. The van der Waals surface area contributed by atoms with E-state index in [9.17, 15) is 13.2 Å². The van der Waals surface area contributed by atoms with Crippen LogP contribution in [0.25, 0.3) is 0 Å². The topological polar surface area (TPSA) is 83.5 Å². The van der Waals surface area contributed by atoms with Crippen LogP contribution in [0.1, 0.15) is 42.2 Å². The smallest absolute Gasteiger partial charge is 0.345 e. The van der Waals surface area contributed by atoms with Crippen LogP contribution in [0.5, 0.6) is 0 Å². The average molecular weight is 319 g/mol. The van der Waals surface area contributed by atoms with Crippen LogP contribution in [0.15, 0.2) is 11.0 Å². The molecule has 0 aliphatic carbocycles. The van der Waals surface area contributed by atoms with E-state index >= 15 is 0 Å². The molecule has 0 amide bonds. The standard InChI is InChI=1S/C13H21NO4S2/c1-8(2)13(4,5)7-14-20(17,18)11-6-10(12(15)16)19-9(11)3/h6,8,14H,7H2,1-5H3,(H,15,16). The van der Waals surface area contributed by atoms with Gasteiger partial charge in [-0.2, -0.15) is 0 Å². The summed E-state index contributed by atoms with van der Waals surface area (Å²) in [6, 6.07) is 1.22. The van der Waals surface area contributed by atoms with Crippen LogP contribution in [-0.4, -0.2) is 26.0 Å². The zero-order valence-corrected chi connectivity index (χ0v) is 14.0. The molecule has 0 aromatic carbocycles. The maximum atomic E-state index is 12.3. The molecule has 114 valence electrons. The highest BCUT2D eigenvalue weighted by Crippen LogP contribution is 2.28. The lowest BCUT2D eigenvalue weighted by molar-refractivity contribution is 0.0702. The summed E-state index contributed by atoms with van der Waals surface area (Å²) in [4.78, 5) is 11.5. The first kappa shape index (κ1) is 17.1. The highest BCUT2D eigenvalue weighted by molar-refractivity contribution is 7.89. The van der Waals surface area contributed by atoms with Crippen LogP contribution in [-0.2, 0) is 10.0 Å². The summed E-state index contributed by atoms with van der Waals surface area (Å²) in [5, 5.41) is 8.92. The molecule has 0 aliphatic heterocycles. The Morgan fingerprint density at radius 2 is 2.00 bits per heavy atom. The molecule has 0 unspecified atom stereocenters. The van der Waals surface area contributed by atoms with E-state index in [4.69, 9.17) is 5.11 Å². The van der Waals surface area contributed by atoms with Gasteiger partial charge in [-0.05, 0) is 24.3 Å². The zero-order chi connectivity index (χ0) is 15.7. The lowest BCUT2D eigenvalue weighted by Gasteiger charge is -2.29. The molecule has 2 N–H and O–H groups in total. The Balaban J connectivity index is 2.98. The number of aryl methyl sites for hydroxylation is 1. The van der Waals surface area contributed by atoms with Crippen molar-refractivity contribution in [3.63, 3.8) is 0 Å². The molecule has 0 aliphatic rings. The van der Waals surface area contributed by atoms with Crippen LogP contribution in [0.3, 0.4) is 0 Å². The van der Waals surface area contributed by atoms with Gasteiger partial charge in [0.1, 0.15) is 4.88 Å². The van der Waals surface area contributed by atoms with E-state index in [1.165, 1.54) is 6.07 Å². The van der Waals surface area contributed by atoms with Crippen molar-refractivity contribution < 1.29 is 18.3 Å². The summed E-state index contributed by atoms with van der Waals surface area (Å²) >= 11 is 0.970. The maximum Gasteiger partial charge on any atom is 0.345 e. The third-order valence-electron chi connectivity index (χ3n) is 3.65. The SMILES string of the molecule is Cc1sc(C(=O)O)cc1S(=O)(=O)NCC(C)(C)C(C)C. The van der Waals surface area contributed by atoms with Gasteiger partial charge in [0.05, 0.1) is 4.90 Å². The van der Waals surface area contributed by atoms with E-state index < -0.39 is 16.0 Å². The molecule has 7 heteroatoms. The summed E-state index contributed by atoms with van der Waals surface area (Å²) in [6.45, 7) is 9.97. The first-order chi connectivity index (χ1) is 8.97. The fourth-order valence-electron chi connectivity index (χ4n) is 1.40. The summed E-state index contributed by atoms with van der Waals surface area (Å²) in [5.41, 5.74) is -0.174. The molecule has 1 rings (SSSR count). The molecule has 20 heavy (non-hydrogen) atoms. The number of nitrogens with one attached hydrogen (secondary N) is 1. The van der Waals surface area contributed by atoms with E-state index in [2.05, 4.69) is 4.72 Å². The number of sulfonamides is 1. The minimum absolute atomic E-state index is 0.0333. The third-order valence-corrected chi connectivity index (χ3v) is 6.35. The van der Waals surface area contributed by atoms with Crippen molar-refractivity contribution in [2.24, 2.45) is 11.3 Å². The largest absolute Gasteiger partial charge is 0.477 e.